The first-order chi connectivity index (χ1) is 17.0. The van der Waals surface area contributed by atoms with Crippen LogP contribution in [0.25, 0.3) is 16.5 Å². The average Bonchev–Trinajstić information content (AvgIpc) is 2.88. The largest absolute Gasteiger partial charge is 0.494 e. The van der Waals surface area contributed by atoms with Crippen molar-refractivity contribution in [1.29, 1.82) is 0 Å². The molecule has 0 atom stereocenters. The SMILES string of the molecule is CCCCc1ccc(N=Cc2c(O)n(-c3ccc(C(=O)OCC)cc3)c(=O)c3ccccc23)cc1. The molecule has 1 heterocycles. The number of aryl methyl sites for hydroxylation is 1. The fraction of sp³-hybridized carbons (Fsp3) is 0.207. The summed E-state index contributed by atoms with van der Waals surface area (Å²) in [5.74, 6) is -0.663. The van der Waals surface area contributed by atoms with Crippen LogP contribution in [0.2, 0.25) is 0 Å². The van der Waals surface area contributed by atoms with Gasteiger partial charge in [-0.15, -0.1) is 0 Å². The Labute approximate surface area is 204 Å². The van der Waals surface area contributed by atoms with Gasteiger partial charge in [0.15, 0.2) is 0 Å². The summed E-state index contributed by atoms with van der Waals surface area (Å²) in [7, 11) is 0. The van der Waals surface area contributed by atoms with Gasteiger partial charge in [0.05, 0.1) is 29.1 Å². The minimum Gasteiger partial charge on any atom is -0.494 e. The van der Waals surface area contributed by atoms with Gasteiger partial charge in [0.1, 0.15) is 0 Å². The van der Waals surface area contributed by atoms with Crippen LogP contribution in [0.4, 0.5) is 5.69 Å². The van der Waals surface area contributed by atoms with E-state index >= 15 is 0 Å². The molecule has 4 aromatic rings. The number of aromatic nitrogens is 1. The molecular weight excluding hydrogens is 440 g/mol. The molecule has 6 heteroatoms. The first-order valence-electron chi connectivity index (χ1n) is 11.8. The maximum Gasteiger partial charge on any atom is 0.338 e. The van der Waals surface area contributed by atoms with E-state index < -0.39 is 5.97 Å². The molecule has 1 aromatic heterocycles. The van der Waals surface area contributed by atoms with Crippen molar-refractivity contribution in [2.75, 3.05) is 6.61 Å². The number of hydrogen-bond donors (Lipinski definition) is 1. The highest BCUT2D eigenvalue weighted by atomic mass is 16.5. The standard InChI is InChI=1S/C29H28N2O4/c1-3-5-8-20-11-15-22(16-12-20)30-19-26-24-9-6-7-10-25(24)27(32)31(28(26)33)23-17-13-21(14-18-23)29(34)35-4-2/h6-7,9-19,33H,3-5,8H2,1-2H3. The molecule has 0 bridgehead atoms. The number of pyridine rings is 1. The molecule has 0 fully saturated rings. The summed E-state index contributed by atoms with van der Waals surface area (Å²) in [5, 5.41) is 12.2. The van der Waals surface area contributed by atoms with Gasteiger partial charge in [-0.1, -0.05) is 43.7 Å². The lowest BCUT2D eigenvalue weighted by Crippen LogP contribution is -2.20. The molecule has 1 N–H and O–H groups in total. The summed E-state index contributed by atoms with van der Waals surface area (Å²) in [6.45, 7) is 4.18. The minimum atomic E-state index is -0.442. The van der Waals surface area contributed by atoms with E-state index in [-0.39, 0.29) is 18.0 Å². The van der Waals surface area contributed by atoms with Crippen LogP contribution in [0.15, 0.2) is 82.6 Å². The number of carbonyl (C=O) groups is 1. The van der Waals surface area contributed by atoms with E-state index in [1.165, 1.54) is 10.1 Å². The van der Waals surface area contributed by atoms with Gasteiger partial charge in [0.25, 0.3) is 5.56 Å². The molecule has 0 aliphatic carbocycles. The number of unbranched alkanes of at least 4 members (excludes halogenated alkanes) is 1. The summed E-state index contributed by atoms with van der Waals surface area (Å²) in [4.78, 5) is 29.8. The number of hydrogen-bond acceptors (Lipinski definition) is 5. The van der Waals surface area contributed by atoms with Gasteiger partial charge in [-0.3, -0.25) is 9.79 Å². The monoisotopic (exact) mass is 468 g/mol. The van der Waals surface area contributed by atoms with Crippen molar-refractivity contribution in [2.24, 2.45) is 4.99 Å². The maximum absolute atomic E-state index is 13.3. The number of nitrogens with zero attached hydrogens (tertiary/aromatic N) is 2. The average molecular weight is 469 g/mol. The fourth-order valence-electron chi connectivity index (χ4n) is 3.96. The third-order valence-electron chi connectivity index (χ3n) is 5.84. The lowest BCUT2D eigenvalue weighted by atomic mass is 10.1. The van der Waals surface area contributed by atoms with Crippen molar-refractivity contribution in [3.8, 4) is 11.6 Å². The zero-order chi connectivity index (χ0) is 24.8. The van der Waals surface area contributed by atoms with Crippen molar-refractivity contribution in [3.63, 3.8) is 0 Å². The van der Waals surface area contributed by atoms with Gasteiger partial charge in [-0.25, -0.2) is 9.36 Å². The molecule has 178 valence electrons. The Morgan fingerprint density at radius 2 is 1.66 bits per heavy atom. The fourth-order valence-corrected chi connectivity index (χ4v) is 3.96. The number of fused-ring (bicyclic) bond motifs is 1. The Hall–Kier alpha value is -4.19. The van der Waals surface area contributed by atoms with E-state index in [1.807, 2.05) is 18.2 Å². The van der Waals surface area contributed by atoms with Crippen LogP contribution in [0.1, 0.15) is 48.2 Å². The number of benzene rings is 3. The highest BCUT2D eigenvalue weighted by molar-refractivity contribution is 6.02. The molecule has 3 aromatic carbocycles. The van der Waals surface area contributed by atoms with E-state index in [9.17, 15) is 14.7 Å². The van der Waals surface area contributed by atoms with Crippen molar-refractivity contribution in [3.05, 3.63) is 99.8 Å². The normalized spacial score (nSPS) is 11.3. The number of ether oxygens (including phenoxy) is 1. The molecule has 0 radical (unpaired) electrons. The Kier molecular flexibility index (Phi) is 7.41. The maximum atomic E-state index is 13.3. The van der Waals surface area contributed by atoms with E-state index in [2.05, 4.69) is 24.0 Å². The zero-order valence-corrected chi connectivity index (χ0v) is 19.9. The molecule has 0 saturated heterocycles. The summed E-state index contributed by atoms with van der Waals surface area (Å²) in [6.07, 6.45) is 4.91. The quantitative estimate of drug-likeness (QED) is 0.255. The van der Waals surface area contributed by atoms with Crippen LogP contribution < -0.4 is 5.56 Å². The molecule has 4 rings (SSSR count). The topological polar surface area (TPSA) is 80.9 Å². The summed E-state index contributed by atoms with van der Waals surface area (Å²) in [5.41, 5.74) is 2.89. The van der Waals surface area contributed by atoms with Crippen LogP contribution in [-0.4, -0.2) is 28.5 Å². The molecule has 6 nitrogen and oxygen atoms in total. The van der Waals surface area contributed by atoms with Crippen molar-refractivity contribution in [2.45, 2.75) is 33.1 Å². The highest BCUT2D eigenvalue weighted by Crippen LogP contribution is 2.27. The number of rotatable bonds is 8. The molecular formula is C29H28N2O4. The lowest BCUT2D eigenvalue weighted by Gasteiger charge is -2.14. The Morgan fingerprint density at radius 3 is 2.31 bits per heavy atom. The van der Waals surface area contributed by atoms with Gasteiger partial charge in [-0.2, -0.15) is 0 Å². The smallest absolute Gasteiger partial charge is 0.338 e. The predicted octanol–water partition coefficient (Wildman–Crippen LogP) is 5.97. The third kappa shape index (κ3) is 5.17. The van der Waals surface area contributed by atoms with Gasteiger partial charge >= 0.3 is 5.97 Å². The zero-order valence-electron chi connectivity index (χ0n) is 19.9. The van der Waals surface area contributed by atoms with E-state index in [0.717, 1.165) is 24.9 Å². The highest BCUT2D eigenvalue weighted by Gasteiger charge is 2.17. The Morgan fingerprint density at radius 1 is 0.971 bits per heavy atom. The minimum absolute atomic E-state index is 0.221. The van der Waals surface area contributed by atoms with Crippen LogP contribution >= 0.6 is 0 Å². The van der Waals surface area contributed by atoms with Crippen LogP contribution in [-0.2, 0) is 11.2 Å². The van der Waals surface area contributed by atoms with Gasteiger partial charge in [0.2, 0.25) is 5.88 Å². The van der Waals surface area contributed by atoms with Gasteiger partial charge in [-0.05, 0) is 67.8 Å². The molecule has 0 spiro atoms. The number of aromatic hydroxyl groups is 1. The Bertz CT molecular complexity index is 1420. The molecule has 0 aliphatic rings. The predicted molar refractivity (Wildman–Crippen MR) is 139 cm³/mol. The first kappa shape index (κ1) is 24.0. The van der Waals surface area contributed by atoms with Crippen LogP contribution in [0.3, 0.4) is 0 Å². The lowest BCUT2D eigenvalue weighted by molar-refractivity contribution is 0.0526. The van der Waals surface area contributed by atoms with Crippen molar-refractivity contribution >= 4 is 28.6 Å². The van der Waals surface area contributed by atoms with E-state index in [1.54, 1.807) is 55.6 Å². The number of carbonyl (C=O) groups excluding carboxylic acids is 1. The number of aliphatic imine (C=N–C) groups is 1. The molecule has 0 unspecified atom stereocenters. The number of esters is 1. The van der Waals surface area contributed by atoms with Gasteiger partial charge < -0.3 is 9.84 Å². The van der Waals surface area contributed by atoms with Gasteiger partial charge in [0, 0.05) is 17.0 Å². The van der Waals surface area contributed by atoms with Crippen LogP contribution in [0, 0.1) is 0 Å². The second kappa shape index (κ2) is 10.8. The molecule has 0 saturated carbocycles. The molecule has 35 heavy (non-hydrogen) atoms. The Balaban J connectivity index is 1.76. The third-order valence-corrected chi connectivity index (χ3v) is 5.84. The summed E-state index contributed by atoms with van der Waals surface area (Å²) < 4.78 is 6.25. The summed E-state index contributed by atoms with van der Waals surface area (Å²) >= 11 is 0. The first-order valence-corrected chi connectivity index (χ1v) is 11.8. The second-order valence-corrected chi connectivity index (χ2v) is 8.22. The second-order valence-electron chi connectivity index (χ2n) is 8.22. The van der Waals surface area contributed by atoms with E-state index in [0.29, 0.717) is 27.6 Å². The summed E-state index contributed by atoms with van der Waals surface area (Å²) in [6, 6.07) is 21.5. The van der Waals surface area contributed by atoms with Crippen molar-refractivity contribution in [1.82, 2.24) is 4.57 Å². The molecule has 0 aliphatic heterocycles. The van der Waals surface area contributed by atoms with E-state index in [4.69, 9.17) is 4.74 Å². The van der Waals surface area contributed by atoms with Crippen molar-refractivity contribution < 1.29 is 14.6 Å². The van der Waals surface area contributed by atoms with Crippen LogP contribution in [0.5, 0.6) is 5.88 Å². The molecule has 0 amide bonds.